The Balaban J connectivity index is 2.55. The van der Waals surface area contributed by atoms with Gasteiger partial charge in [-0.3, -0.25) is 4.79 Å². The molecule has 0 atom stereocenters. The molecular weight excluding hydrogens is 226 g/mol. The summed E-state index contributed by atoms with van der Waals surface area (Å²) in [4.78, 5) is 15.7. The first-order valence-corrected chi connectivity index (χ1v) is 6.19. The lowest BCUT2D eigenvalue weighted by Gasteiger charge is -2.20. The molecule has 2 aromatic rings. The molecule has 1 N–H and O–H groups in total. The van der Waals surface area contributed by atoms with Gasteiger partial charge in [-0.1, -0.05) is 20.8 Å². The van der Waals surface area contributed by atoms with E-state index in [-0.39, 0.29) is 11.2 Å². The van der Waals surface area contributed by atoms with Crippen molar-refractivity contribution >= 4 is 16.7 Å². The van der Waals surface area contributed by atoms with Crippen molar-refractivity contribution in [2.45, 2.75) is 27.2 Å². The molecular formula is C15H19NO2. The van der Waals surface area contributed by atoms with Crippen LogP contribution in [0.2, 0.25) is 0 Å². The molecule has 0 amide bonds. The van der Waals surface area contributed by atoms with Gasteiger partial charge in [0.05, 0.1) is 7.11 Å². The molecule has 18 heavy (non-hydrogen) atoms. The third-order valence-corrected chi connectivity index (χ3v) is 3.63. The van der Waals surface area contributed by atoms with Crippen molar-refractivity contribution in [1.29, 1.82) is 0 Å². The zero-order valence-corrected chi connectivity index (χ0v) is 11.3. The number of rotatable bonds is 4. The van der Waals surface area contributed by atoms with E-state index in [2.05, 4.69) is 4.98 Å². The standard InChI is InChI=1S/C15H19NO2/c1-5-15(2,3)14(17)12-9-16-13-7-6-10(18-4)8-11(12)13/h6-9,16H,5H2,1-4H3. The van der Waals surface area contributed by atoms with E-state index in [1.165, 1.54) is 0 Å². The van der Waals surface area contributed by atoms with Crippen molar-refractivity contribution in [2.24, 2.45) is 5.41 Å². The lowest BCUT2D eigenvalue weighted by Crippen LogP contribution is -2.23. The average molecular weight is 245 g/mol. The van der Waals surface area contributed by atoms with E-state index in [1.807, 2.05) is 39.0 Å². The van der Waals surface area contributed by atoms with Gasteiger partial charge in [0.2, 0.25) is 0 Å². The molecule has 0 unspecified atom stereocenters. The number of ketones is 1. The average Bonchev–Trinajstić information content (AvgIpc) is 2.80. The number of hydrogen-bond acceptors (Lipinski definition) is 2. The second kappa shape index (κ2) is 4.48. The normalized spacial score (nSPS) is 11.8. The Hall–Kier alpha value is -1.77. The van der Waals surface area contributed by atoms with Gasteiger partial charge in [0.25, 0.3) is 0 Å². The molecule has 1 heterocycles. The summed E-state index contributed by atoms with van der Waals surface area (Å²) in [7, 11) is 1.63. The number of methoxy groups -OCH3 is 1. The summed E-state index contributed by atoms with van der Waals surface area (Å²) >= 11 is 0. The minimum atomic E-state index is -0.335. The summed E-state index contributed by atoms with van der Waals surface area (Å²) in [5.74, 6) is 0.940. The Morgan fingerprint density at radius 2 is 2.11 bits per heavy atom. The first-order valence-electron chi connectivity index (χ1n) is 6.19. The monoisotopic (exact) mass is 245 g/mol. The summed E-state index contributed by atoms with van der Waals surface area (Å²) in [5, 5.41) is 0.931. The molecule has 0 saturated heterocycles. The third kappa shape index (κ3) is 2.01. The number of H-pyrrole nitrogens is 1. The molecule has 0 saturated carbocycles. The molecule has 2 rings (SSSR count). The lowest BCUT2D eigenvalue weighted by atomic mass is 9.82. The van der Waals surface area contributed by atoms with Gasteiger partial charge in [0, 0.05) is 28.1 Å². The fourth-order valence-electron chi connectivity index (χ4n) is 1.94. The van der Waals surface area contributed by atoms with Gasteiger partial charge in [-0.25, -0.2) is 0 Å². The number of aromatic nitrogens is 1. The van der Waals surface area contributed by atoms with Crippen molar-refractivity contribution in [3.8, 4) is 5.75 Å². The quantitative estimate of drug-likeness (QED) is 0.832. The Morgan fingerprint density at radius 3 is 2.72 bits per heavy atom. The Morgan fingerprint density at radius 1 is 1.39 bits per heavy atom. The highest BCUT2D eigenvalue weighted by Crippen LogP contribution is 2.31. The van der Waals surface area contributed by atoms with Crippen LogP contribution in [0.4, 0.5) is 0 Å². The molecule has 0 aliphatic carbocycles. The van der Waals surface area contributed by atoms with Gasteiger partial charge in [-0.2, -0.15) is 0 Å². The molecule has 0 aliphatic rings. The van der Waals surface area contributed by atoms with E-state index in [4.69, 9.17) is 4.74 Å². The second-order valence-corrected chi connectivity index (χ2v) is 5.18. The summed E-state index contributed by atoms with van der Waals surface area (Å²) < 4.78 is 5.21. The number of aromatic amines is 1. The molecule has 96 valence electrons. The first kappa shape index (κ1) is 12.7. The Labute approximate surface area is 107 Å². The third-order valence-electron chi connectivity index (χ3n) is 3.63. The van der Waals surface area contributed by atoms with Crippen LogP contribution >= 0.6 is 0 Å². The van der Waals surface area contributed by atoms with E-state index >= 15 is 0 Å². The number of carbonyl (C=O) groups is 1. The van der Waals surface area contributed by atoms with Crippen LogP contribution in [0.25, 0.3) is 10.9 Å². The molecule has 1 aromatic heterocycles. The zero-order chi connectivity index (χ0) is 13.3. The molecule has 0 spiro atoms. The largest absolute Gasteiger partial charge is 0.497 e. The van der Waals surface area contributed by atoms with E-state index < -0.39 is 0 Å². The van der Waals surface area contributed by atoms with Gasteiger partial charge >= 0.3 is 0 Å². The van der Waals surface area contributed by atoms with Gasteiger partial charge in [-0.05, 0) is 24.6 Å². The SMILES string of the molecule is CCC(C)(C)C(=O)c1c[nH]c2ccc(OC)cc12. The molecule has 1 aromatic carbocycles. The molecule has 0 bridgehead atoms. The summed E-state index contributed by atoms with van der Waals surface area (Å²) in [6, 6.07) is 5.73. The minimum absolute atomic E-state index is 0.171. The Kier molecular flexibility index (Phi) is 3.16. The number of benzene rings is 1. The van der Waals surface area contributed by atoms with Crippen molar-refractivity contribution in [2.75, 3.05) is 7.11 Å². The number of carbonyl (C=O) groups excluding carboxylic acids is 1. The van der Waals surface area contributed by atoms with Gasteiger partial charge < -0.3 is 9.72 Å². The molecule has 0 aliphatic heterocycles. The number of hydrogen-bond donors (Lipinski definition) is 1. The van der Waals surface area contributed by atoms with Crippen molar-refractivity contribution in [3.05, 3.63) is 30.0 Å². The van der Waals surface area contributed by atoms with Gasteiger partial charge in [0.15, 0.2) is 5.78 Å². The van der Waals surface area contributed by atoms with Crippen molar-refractivity contribution in [1.82, 2.24) is 4.98 Å². The highest BCUT2D eigenvalue weighted by molar-refractivity contribution is 6.10. The van der Waals surface area contributed by atoms with E-state index in [1.54, 1.807) is 13.3 Å². The van der Waals surface area contributed by atoms with Crippen LogP contribution < -0.4 is 4.74 Å². The van der Waals surface area contributed by atoms with Crippen LogP contribution in [0.1, 0.15) is 37.6 Å². The van der Waals surface area contributed by atoms with Crippen LogP contribution in [0.3, 0.4) is 0 Å². The maximum atomic E-state index is 12.5. The molecule has 0 fully saturated rings. The highest BCUT2D eigenvalue weighted by atomic mass is 16.5. The predicted molar refractivity (Wildman–Crippen MR) is 73.3 cm³/mol. The number of Topliss-reactive ketones (excluding diaryl/α,β-unsaturated/α-hetero) is 1. The summed E-state index contributed by atoms with van der Waals surface area (Å²) in [5.41, 5.74) is 1.37. The molecule has 0 radical (unpaired) electrons. The number of ether oxygens (including phenoxy) is 1. The highest BCUT2D eigenvalue weighted by Gasteiger charge is 2.28. The number of fused-ring (bicyclic) bond motifs is 1. The fourth-order valence-corrected chi connectivity index (χ4v) is 1.94. The van der Waals surface area contributed by atoms with Gasteiger partial charge in [0.1, 0.15) is 5.75 Å². The minimum Gasteiger partial charge on any atom is -0.497 e. The fraction of sp³-hybridized carbons (Fsp3) is 0.400. The first-order chi connectivity index (χ1) is 8.49. The maximum absolute atomic E-state index is 12.5. The maximum Gasteiger partial charge on any atom is 0.170 e. The summed E-state index contributed by atoms with van der Waals surface area (Å²) in [6.07, 6.45) is 2.62. The van der Waals surface area contributed by atoms with Crippen molar-refractivity contribution < 1.29 is 9.53 Å². The molecule has 3 nitrogen and oxygen atoms in total. The lowest BCUT2D eigenvalue weighted by molar-refractivity contribution is 0.0835. The second-order valence-electron chi connectivity index (χ2n) is 5.18. The zero-order valence-electron chi connectivity index (χ0n) is 11.3. The van der Waals surface area contributed by atoms with Crippen molar-refractivity contribution in [3.63, 3.8) is 0 Å². The number of nitrogens with one attached hydrogen (secondary N) is 1. The van der Waals surface area contributed by atoms with Crippen LogP contribution in [0, 0.1) is 5.41 Å². The molecule has 3 heteroatoms. The topological polar surface area (TPSA) is 42.1 Å². The van der Waals surface area contributed by atoms with Crippen LogP contribution in [0.5, 0.6) is 5.75 Å². The van der Waals surface area contributed by atoms with Crippen LogP contribution in [0.15, 0.2) is 24.4 Å². The van der Waals surface area contributed by atoms with E-state index in [0.717, 1.165) is 28.6 Å². The predicted octanol–water partition coefficient (Wildman–Crippen LogP) is 3.80. The smallest absolute Gasteiger partial charge is 0.170 e. The van der Waals surface area contributed by atoms with Crippen LogP contribution in [-0.2, 0) is 0 Å². The Bertz CT molecular complexity index is 581. The van der Waals surface area contributed by atoms with Crippen LogP contribution in [-0.4, -0.2) is 17.9 Å². The van der Waals surface area contributed by atoms with E-state index in [0.29, 0.717) is 0 Å². The summed E-state index contributed by atoms with van der Waals surface area (Å²) in [6.45, 7) is 6.00. The van der Waals surface area contributed by atoms with E-state index in [9.17, 15) is 4.79 Å². The van der Waals surface area contributed by atoms with Gasteiger partial charge in [-0.15, -0.1) is 0 Å².